The number of rotatable bonds is 8. The van der Waals surface area contributed by atoms with E-state index < -0.39 is 0 Å². The molecule has 0 saturated carbocycles. The van der Waals surface area contributed by atoms with Gasteiger partial charge in [0, 0.05) is 19.1 Å². The molecule has 5 heteroatoms. The second-order valence-electron chi connectivity index (χ2n) is 5.54. The number of carbonyl (C=O) groups excluding carboxylic acids is 1. The van der Waals surface area contributed by atoms with Crippen LogP contribution in [-0.4, -0.2) is 25.3 Å². The van der Waals surface area contributed by atoms with Gasteiger partial charge in [-0.2, -0.15) is 0 Å². The van der Waals surface area contributed by atoms with Gasteiger partial charge in [-0.15, -0.1) is 0 Å². The van der Waals surface area contributed by atoms with Gasteiger partial charge in [0.2, 0.25) is 0 Å². The third-order valence-corrected chi connectivity index (χ3v) is 3.29. The fraction of sp³-hybridized carbons (Fsp3) is 0.562. The van der Waals surface area contributed by atoms with Gasteiger partial charge >= 0.3 is 13.1 Å². The van der Waals surface area contributed by atoms with Crippen molar-refractivity contribution in [2.24, 2.45) is 0 Å². The highest BCUT2D eigenvalue weighted by atomic mass is 16.6. The molecule has 1 aromatic rings. The first kappa shape index (κ1) is 17.7. The lowest BCUT2D eigenvalue weighted by Gasteiger charge is -2.28. The molecule has 21 heavy (non-hydrogen) atoms. The van der Waals surface area contributed by atoms with Crippen molar-refractivity contribution >= 4 is 18.6 Å². The molecule has 0 amide bonds. The second-order valence-corrected chi connectivity index (χ2v) is 5.54. The first-order chi connectivity index (χ1) is 9.88. The summed E-state index contributed by atoms with van der Waals surface area (Å²) in [4.78, 5) is 10.8. The molecule has 1 rings (SSSR count). The van der Waals surface area contributed by atoms with Crippen LogP contribution in [0.1, 0.15) is 46.6 Å². The van der Waals surface area contributed by atoms with Gasteiger partial charge in [-0.1, -0.05) is 31.2 Å². The molecule has 0 heterocycles. The molecule has 0 radical (unpaired) electrons. The highest BCUT2D eigenvalue weighted by Crippen LogP contribution is 2.15. The third-order valence-electron chi connectivity index (χ3n) is 3.29. The lowest BCUT2D eigenvalue weighted by atomic mass is 9.77. The first-order valence-corrected chi connectivity index (χ1v) is 7.39. The normalized spacial score (nSPS) is 11.3. The Morgan fingerprint density at radius 1 is 1.19 bits per heavy atom. The van der Waals surface area contributed by atoms with Crippen molar-refractivity contribution in [1.82, 2.24) is 0 Å². The van der Waals surface area contributed by atoms with E-state index in [1.807, 2.05) is 45.0 Å². The van der Waals surface area contributed by atoms with Crippen molar-refractivity contribution in [3.8, 4) is 0 Å². The fourth-order valence-corrected chi connectivity index (χ4v) is 1.68. The van der Waals surface area contributed by atoms with Crippen LogP contribution in [0.5, 0.6) is 0 Å². The quantitative estimate of drug-likeness (QED) is 0.546. The minimum Gasteiger partial charge on any atom is -0.461 e. The summed E-state index contributed by atoms with van der Waals surface area (Å²) in [5.74, 6) is -0.278. The third kappa shape index (κ3) is 6.32. The van der Waals surface area contributed by atoms with E-state index in [0.717, 1.165) is 17.4 Å². The predicted octanol–water partition coefficient (Wildman–Crippen LogP) is 2.69. The van der Waals surface area contributed by atoms with Gasteiger partial charge in [-0.05, 0) is 38.2 Å². The zero-order valence-electron chi connectivity index (χ0n) is 13.6. The van der Waals surface area contributed by atoms with Crippen molar-refractivity contribution in [3.05, 3.63) is 29.8 Å². The van der Waals surface area contributed by atoms with Gasteiger partial charge < -0.3 is 14.0 Å². The molecule has 0 unspecified atom stereocenters. The zero-order valence-corrected chi connectivity index (χ0v) is 13.6. The van der Waals surface area contributed by atoms with Crippen molar-refractivity contribution in [2.75, 3.05) is 6.61 Å². The summed E-state index contributed by atoms with van der Waals surface area (Å²) in [6.07, 6.45) is 0.904. The number of esters is 1. The van der Waals surface area contributed by atoms with Crippen molar-refractivity contribution in [3.63, 3.8) is 0 Å². The summed E-state index contributed by atoms with van der Waals surface area (Å²) in [5, 5.41) is 0. The van der Waals surface area contributed by atoms with E-state index in [0.29, 0.717) is 6.61 Å². The molecule has 0 fully saturated rings. The maximum atomic E-state index is 10.8. The summed E-state index contributed by atoms with van der Waals surface area (Å²) < 4.78 is 16.7. The number of ether oxygens (including phenoxy) is 1. The Morgan fingerprint density at radius 3 is 2.29 bits per heavy atom. The van der Waals surface area contributed by atoms with Gasteiger partial charge in [-0.25, -0.2) is 0 Å². The Balaban J connectivity index is 2.77. The van der Waals surface area contributed by atoms with Gasteiger partial charge in [0.1, 0.15) is 6.61 Å². The van der Waals surface area contributed by atoms with E-state index in [1.165, 1.54) is 6.92 Å². The number of carbonyl (C=O) groups is 1. The van der Waals surface area contributed by atoms with E-state index in [-0.39, 0.29) is 25.3 Å². The molecule has 0 spiro atoms. The number of hydrogen-bond acceptors (Lipinski definition) is 4. The summed E-state index contributed by atoms with van der Waals surface area (Å²) in [6.45, 7) is 10.4. The van der Waals surface area contributed by atoms with Gasteiger partial charge in [0.05, 0.1) is 0 Å². The summed E-state index contributed by atoms with van der Waals surface area (Å²) in [7, 11) is -0.382. The first-order valence-electron chi connectivity index (χ1n) is 7.39. The Hall–Kier alpha value is -1.33. The Morgan fingerprint density at radius 2 is 1.81 bits per heavy atom. The minimum absolute atomic E-state index is 0.240. The molecule has 0 N–H and O–H groups in total. The van der Waals surface area contributed by atoms with Crippen LogP contribution in [0.15, 0.2) is 24.3 Å². The molecular formula is C16H25BO4. The largest absolute Gasteiger partial charge is 0.494 e. The standard InChI is InChI=1S/C16H25BO4/c1-6-16(4,5)21-17(20-7-2)15-10-8-14(9-11-15)12-19-13(3)18/h8-11H,6-7,12H2,1-5H3. The smallest absolute Gasteiger partial charge is 0.461 e. The molecule has 0 aliphatic rings. The average molecular weight is 292 g/mol. The van der Waals surface area contributed by atoms with Crippen molar-refractivity contribution in [1.29, 1.82) is 0 Å². The molecule has 0 bridgehead atoms. The summed E-state index contributed by atoms with van der Waals surface area (Å²) in [6, 6.07) is 7.75. The van der Waals surface area contributed by atoms with E-state index >= 15 is 0 Å². The lowest BCUT2D eigenvalue weighted by Crippen LogP contribution is -2.43. The van der Waals surface area contributed by atoms with Crippen LogP contribution in [0.3, 0.4) is 0 Å². The maximum absolute atomic E-state index is 10.8. The SMILES string of the molecule is CCOB(OC(C)(C)CC)c1ccc(COC(C)=O)cc1. The summed E-state index contributed by atoms with van der Waals surface area (Å²) >= 11 is 0. The molecule has 0 aromatic heterocycles. The maximum Gasteiger partial charge on any atom is 0.494 e. The molecule has 0 aliphatic heterocycles. The van der Waals surface area contributed by atoms with Gasteiger partial charge in [0.25, 0.3) is 0 Å². The van der Waals surface area contributed by atoms with Crippen LogP contribution in [0.25, 0.3) is 0 Å². The second kappa shape index (κ2) is 8.20. The van der Waals surface area contributed by atoms with Gasteiger partial charge in [-0.3, -0.25) is 4.79 Å². The van der Waals surface area contributed by atoms with E-state index in [9.17, 15) is 4.79 Å². The predicted molar refractivity (Wildman–Crippen MR) is 84.4 cm³/mol. The molecule has 1 aromatic carbocycles. The Bertz CT molecular complexity index is 442. The van der Waals surface area contributed by atoms with Crippen LogP contribution in [0, 0.1) is 0 Å². The van der Waals surface area contributed by atoms with E-state index in [2.05, 4.69) is 6.92 Å². The zero-order chi connectivity index (χ0) is 15.9. The Labute approximate surface area is 127 Å². The molecule has 0 aliphatic carbocycles. The molecule has 0 saturated heterocycles. The monoisotopic (exact) mass is 292 g/mol. The lowest BCUT2D eigenvalue weighted by molar-refractivity contribution is -0.142. The molecule has 116 valence electrons. The van der Waals surface area contributed by atoms with Crippen molar-refractivity contribution < 1.29 is 18.8 Å². The highest BCUT2D eigenvalue weighted by Gasteiger charge is 2.28. The molecule has 4 nitrogen and oxygen atoms in total. The fourth-order valence-electron chi connectivity index (χ4n) is 1.68. The van der Waals surface area contributed by atoms with Crippen LogP contribution in [0.4, 0.5) is 0 Å². The van der Waals surface area contributed by atoms with Crippen LogP contribution in [0.2, 0.25) is 0 Å². The highest BCUT2D eigenvalue weighted by molar-refractivity contribution is 6.61. The Kier molecular flexibility index (Phi) is 6.92. The number of benzene rings is 1. The van der Waals surface area contributed by atoms with Crippen LogP contribution < -0.4 is 5.46 Å². The number of hydrogen-bond donors (Lipinski definition) is 0. The van der Waals surface area contributed by atoms with E-state index in [4.69, 9.17) is 14.0 Å². The van der Waals surface area contributed by atoms with Crippen LogP contribution >= 0.6 is 0 Å². The van der Waals surface area contributed by atoms with Gasteiger partial charge in [0.15, 0.2) is 0 Å². The molecule has 0 atom stereocenters. The minimum atomic E-state index is -0.382. The van der Waals surface area contributed by atoms with Crippen molar-refractivity contribution in [2.45, 2.75) is 53.2 Å². The average Bonchev–Trinajstić information content (AvgIpc) is 2.45. The summed E-state index contributed by atoms with van der Waals surface area (Å²) in [5.41, 5.74) is 1.67. The topological polar surface area (TPSA) is 44.8 Å². The van der Waals surface area contributed by atoms with E-state index in [1.54, 1.807) is 0 Å². The molecular weight excluding hydrogens is 267 g/mol. The van der Waals surface area contributed by atoms with Crippen LogP contribution in [-0.2, 0) is 25.4 Å².